The predicted octanol–water partition coefficient (Wildman–Crippen LogP) is 2.78. The van der Waals surface area contributed by atoms with E-state index in [1.807, 2.05) is 30.3 Å². The summed E-state index contributed by atoms with van der Waals surface area (Å²) in [6.45, 7) is 5.13. The molecule has 0 saturated carbocycles. The van der Waals surface area contributed by atoms with Gasteiger partial charge in [0.15, 0.2) is 0 Å². The zero-order valence-electron chi connectivity index (χ0n) is 15.6. The van der Waals surface area contributed by atoms with Crippen molar-refractivity contribution in [3.05, 3.63) is 70.1 Å². The Labute approximate surface area is 165 Å². The summed E-state index contributed by atoms with van der Waals surface area (Å²) in [5.74, 6) is -0.308. The van der Waals surface area contributed by atoms with Gasteiger partial charge in [0.2, 0.25) is 5.82 Å². The molecule has 0 radical (unpaired) electrons. The molecule has 0 bridgehead atoms. The quantitative estimate of drug-likeness (QED) is 0.432. The number of carbonyl (C=O) groups excluding carboxylic acids is 2. The molecule has 1 unspecified atom stereocenters. The van der Waals surface area contributed by atoms with Crippen LogP contribution in [0.3, 0.4) is 0 Å². The van der Waals surface area contributed by atoms with Crippen molar-refractivity contribution in [2.45, 2.75) is 27.4 Å². The second kappa shape index (κ2) is 8.32. The largest absolute Gasteiger partial charge is 0.587 e. The zero-order chi connectivity index (χ0) is 20.3. The number of hydrogen-bond donors (Lipinski definition) is 1. The molecule has 1 aliphatic rings. The Bertz CT molecular complexity index is 947. The number of amides is 1. The minimum atomic E-state index is -1.81. The van der Waals surface area contributed by atoms with Crippen molar-refractivity contribution in [3.8, 4) is 0 Å². The highest BCUT2D eigenvalue weighted by molar-refractivity contribution is 7.96. The Morgan fingerprint density at radius 1 is 1.32 bits per heavy atom. The summed E-state index contributed by atoms with van der Waals surface area (Å²) < 4.78 is 25.5. The van der Waals surface area contributed by atoms with Gasteiger partial charge in [-0.3, -0.25) is 4.79 Å². The van der Waals surface area contributed by atoms with Crippen LogP contribution in [0, 0.1) is 6.92 Å². The van der Waals surface area contributed by atoms with Gasteiger partial charge in [-0.1, -0.05) is 35.5 Å². The van der Waals surface area contributed by atoms with E-state index in [2.05, 4.69) is 9.88 Å². The van der Waals surface area contributed by atoms with Gasteiger partial charge in [0.25, 0.3) is 10.9 Å². The molecule has 0 saturated heterocycles. The van der Waals surface area contributed by atoms with Gasteiger partial charge in [-0.2, -0.15) is 4.72 Å². The van der Waals surface area contributed by atoms with Crippen molar-refractivity contribution < 1.29 is 23.4 Å². The second-order valence-corrected chi connectivity index (χ2v) is 7.42. The number of esters is 1. The van der Waals surface area contributed by atoms with Crippen molar-refractivity contribution in [3.63, 3.8) is 0 Å². The zero-order valence-corrected chi connectivity index (χ0v) is 16.4. The van der Waals surface area contributed by atoms with E-state index in [0.717, 1.165) is 10.5 Å². The summed E-state index contributed by atoms with van der Waals surface area (Å²) in [5, 5.41) is 3.84. The smallest absolute Gasteiger partial charge is 0.355 e. The first-order valence-corrected chi connectivity index (χ1v) is 9.58. The predicted molar refractivity (Wildman–Crippen MR) is 103 cm³/mol. The normalized spacial score (nSPS) is 14.1. The molecule has 1 atom stereocenters. The van der Waals surface area contributed by atoms with Crippen molar-refractivity contribution >= 4 is 29.1 Å². The summed E-state index contributed by atoms with van der Waals surface area (Å²) >= 11 is -1.81. The van der Waals surface area contributed by atoms with Crippen LogP contribution in [0.4, 0.5) is 5.82 Å². The van der Waals surface area contributed by atoms with Crippen LogP contribution < -0.4 is 4.72 Å². The first-order valence-electron chi connectivity index (χ1n) is 8.43. The van der Waals surface area contributed by atoms with E-state index in [1.54, 1.807) is 26.8 Å². The molecule has 1 aromatic carbocycles. The fourth-order valence-corrected chi connectivity index (χ4v) is 3.45. The molecule has 0 aliphatic carbocycles. The van der Waals surface area contributed by atoms with Crippen molar-refractivity contribution in [2.75, 3.05) is 4.72 Å². The van der Waals surface area contributed by atoms with Gasteiger partial charge in [-0.05, 0) is 31.9 Å². The number of nitrogens with zero attached hydrogens (tertiary/aromatic N) is 2. The van der Waals surface area contributed by atoms with E-state index in [0.29, 0.717) is 11.3 Å². The Kier molecular flexibility index (Phi) is 5.86. The third kappa shape index (κ3) is 4.26. The maximum Gasteiger partial charge on any atom is 0.355 e. The van der Waals surface area contributed by atoms with Crippen LogP contribution in [-0.4, -0.2) is 26.5 Å². The number of anilines is 1. The fourth-order valence-electron chi connectivity index (χ4n) is 2.51. The highest BCUT2D eigenvalue weighted by atomic mass is 32.2. The number of aryl methyl sites for hydroxylation is 1. The molecule has 0 fully saturated rings. The molecule has 2 heterocycles. The van der Waals surface area contributed by atoms with Gasteiger partial charge in [-0.25, -0.2) is 9.69 Å². The van der Waals surface area contributed by atoms with Crippen LogP contribution in [0.5, 0.6) is 0 Å². The number of benzene rings is 1. The summed E-state index contributed by atoms with van der Waals surface area (Å²) in [5.41, 5.74) is 1.43. The van der Waals surface area contributed by atoms with Crippen LogP contribution in [0.15, 0.2) is 63.3 Å². The maximum absolute atomic E-state index is 12.6. The SMILES string of the molecule is CC(C)=C(C(=O)OCc1ccccc1)N1C(=O)C=C1[S+]([O-])Nc1cc(C)on1. The molecule has 1 aliphatic heterocycles. The lowest BCUT2D eigenvalue weighted by Crippen LogP contribution is -2.44. The molecule has 8 nitrogen and oxygen atoms in total. The highest BCUT2D eigenvalue weighted by Crippen LogP contribution is 2.31. The number of allylic oxidation sites excluding steroid dienone is 1. The van der Waals surface area contributed by atoms with Gasteiger partial charge in [-0.15, -0.1) is 0 Å². The van der Waals surface area contributed by atoms with Crippen molar-refractivity contribution in [2.24, 2.45) is 0 Å². The van der Waals surface area contributed by atoms with Crippen LogP contribution in [0.1, 0.15) is 25.2 Å². The fraction of sp³-hybridized carbons (Fsp3) is 0.211. The Balaban J connectivity index is 1.72. The first kappa shape index (κ1) is 19.7. The molecule has 1 amide bonds. The van der Waals surface area contributed by atoms with Gasteiger partial charge < -0.3 is 13.8 Å². The minimum Gasteiger partial charge on any atom is -0.587 e. The molecule has 0 spiro atoms. The standard InChI is InChI=1S/C19H19N3O5S/c1-12(2)18(19(24)26-11-14-7-5-4-6-8-14)22-16(23)10-17(22)28(25)21-15-9-13(3)27-20-15/h4-10H,11H2,1-3H3,(H,20,21). The lowest BCUT2D eigenvalue weighted by atomic mass is 10.2. The van der Waals surface area contributed by atoms with Crippen LogP contribution in [0.25, 0.3) is 0 Å². The van der Waals surface area contributed by atoms with E-state index in [1.165, 1.54) is 6.08 Å². The second-order valence-electron chi connectivity index (χ2n) is 6.26. The number of rotatable bonds is 7. The number of hydrogen-bond acceptors (Lipinski definition) is 7. The van der Waals surface area contributed by atoms with Crippen LogP contribution in [0.2, 0.25) is 0 Å². The topological polar surface area (TPSA) is 108 Å². The lowest BCUT2D eigenvalue weighted by Gasteiger charge is -2.31. The van der Waals surface area contributed by atoms with Gasteiger partial charge in [0.1, 0.15) is 29.4 Å². The summed E-state index contributed by atoms with van der Waals surface area (Å²) in [6, 6.07) is 10.8. The van der Waals surface area contributed by atoms with Gasteiger partial charge in [0, 0.05) is 6.07 Å². The van der Waals surface area contributed by atoms with Crippen molar-refractivity contribution in [1.29, 1.82) is 0 Å². The highest BCUT2D eigenvalue weighted by Gasteiger charge is 2.43. The first-order chi connectivity index (χ1) is 13.4. The van der Waals surface area contributed by atoms with Crippen LogP contribution >= 0.6 is 0 Å². The molecule has 1 N–H and O–H groups in total. The minimum absolute atomic E-state index is 0.0462. The van der Waals surface area contributed by atoms with Gasteiger partial charge in [0.05, 0.1) is 6.08 Å². The maximum atomic E-state index is 12.6. The lowest BCUT2D eigenvalue weighted by molar-refractivity contribution is -0.144. The number of aromatic nitrogens is 1. The van der Waals surface area contributed by atoms with E-state index in [-0.39, 0.29) is 23.2 Å². The molecule has 3 rings (SSSR count). The third-order valence-corrected chi connectivity index (χ3v) is 4.88. The molecular weight excluding hydrogens is 382 g/mol. The Morgan fingerprint density at radius 3 is 2.61 bits per heavy atom. The van der Waals surface area contributed by atoms with E-state index < -0.39 is 23.2 Å². The molecule has 28 heavy (non-hydrogen) atoms. The number of nitrogens with one attached hydrogen (secondary N) is 1. The summed E-state index contributed by atoms with van der Waals surface area (Å²) in [4.78, 5) is 25.9. The third-order valence-electron chi connectivity index (χ3n) is 3.81. The molecule has 146 valence electrons. The molecule has 2 aromatic rings. The molecule has 1 aromatic heterocycles. The van der Waals surface area contributed by atoms with Gasteiger partial charge >= 0.3 is 5.97 Å². The number of ether oxygens (including phenoxy) is 1. The van der Waals surface area contributed by atoms with E-state index in [9.17, 15) is 14.1 Å². The van der Waals surface area contributed by atoms with E-state index >= 15 is 0 Å². The number of carbonyl (C=O) groups is 2. The van der Waals surface area contributed by atoms with Crippen molar-refractivity contribution in [1.82, 2.24) is 10.1 Å². The monoisotopic (exact) mass is 401 g/mol. The summed E-state index contributed by atoms with van der Waals surface area (Å²) in [7, 11) is 0. The average molecular weight is 401 g/mol. The molecular formula is C19H19N3O5S. The summed E-state index contributed by atoms with van der Waals surface area (Å²) in [6.07, 6.45) is 1.20. The van der Waals surface area contributed by atoms with Crippen LogP contribution in [-0.2, 0) is 32.3 Å². The molecule has 9 heteroatoms. The van der Waals surface area contributed by atoms with E-state index in [4.69, 9.17) is 9.26 Å². The Morgan fingerprint density at radius 2 is 2.04 bits per heavy atom. The Hall–Kier alpha value is -3.04. The average Bonchev–Trinajstić information content (AvgIpc) is 3.07.